The summed E-state index contributed by atoms with van der Waals surface area (Å²) in [6, 6.07) is 8.08. The van der Waals surface area contributed by atoms with Crippen molar-refractivity contribution in [1.29, 1.82) is 0 Å². The Labute approximate surface area is 168 Å². The van der Waals surface area contributed by atoms with Crippen LogP contribution < -0.4 is 10.1 Å². The van der Waals surface area contributed by atoms with Crippen LogP contribution in [0.15, 0.2) is 24.3 Å². The summed E-state index contributed by atoms with van der Waals surface area (Å²) in [6.07, 6.45) is 6.94. The molecule has 1 amide bonds. The van der Waals surface area contributed by atoms with E-state index >= 15 is 0 Å². The number of benzene rings is 1. The van der Waals surface area contributed by atoms with Crippen molar-refractivity contribution in [3.05, 3.63) is 29.8 Å². The SMILES string of the molecule is COc1ccc(C2(C(=O)NC3CCN(CCS(C)(=O)=O)CC3)CCCC2)cc1. The Balaban J connectivity index is 1.59. The third kappa shape index (κ3) is 5.06. The van der Waals surface area contributed by atoms with Gasteiger partial charge in [0.1, 0.15) is 15.6 Å². The van der Waals surface area contributed by atoms with E-state index in [1.54, 1.807) is 7.11 Å². The lowest BCUT2D eigenvalue weighted by atomic mass is 9.77. The normalized spacial score (nSPS) is 20.8. The summed E-state index contributed by atoms with van der Waals surface area (Å²) in [5.41, 5.74) is 0.647. The molecule has 0 spiro atoms. The lowest BCUT2D eigenvalue weighted by Gasteiger charge is -2.35. The molecule has 2 fully saturated rings. The topological polar surface area (TPSA) is 75.7 Å². The molecule has 7 heteroatoms. The Morgan fingerprint density at radius 2 is 1.79 bits per heavy atom. The van der Waals surface area contributed by atoms with E-state index in [9.17, 15) is 13.2 Å². The van der Waals surface area contributed by atoms with Crippen molar-refractivity contribution in [2.75, 3.05) is 38.8 Å². The summed E-state index contributed by atoms with van der Waals surface area (Å²) in [4.78, 5) is 15.5. The van der Waals surface area contributed by atoms with Crippen LogP contribution >= 0.6 is 0 Å². The first-order valence-corrected chi connectivity index (χ1v) is 12.2. The van der Waals surface area contributed by atoms with Crippen molar-refractivity contribution in [2.24, 2.45) is 0 Å². The van der Waals surface area contributed by atoms with Crippen molar-refractivity contribution in [3.63, 3.8) is 0 Å². The van der Waals surface area contributed by atoms with E-state index in [0.29, 0.717) is 6.54 Å². The fourth-order valence-electron chi connectivity index (χ4n) is 4.45. The van der Waals surface area contributed by atoms with Crippen LogP contribution in [0.4, 0.5) is 0 Å². The van der Waals surface area contributed by atoms with Crippen molar-refractivity contribution >= 4 is 15.7 Å². The predicted molar refractivity (Wildman–Crippen MR) is 110 cm³/mol. The molecule has 3 rings (SSSR count). The average molecular weight is 409 g/mol. The number of likely N-dealkylation sites (tertiary alicyclic amines) is 1. The van der Waals surface area contributed by atoms with Gasteiger partial charge in [0.15, 0.2) is 0 Å². The summed E-state index contributed by atoms with van der Waals surface area (Å²) in [7, 11) is -1.28. The summed E-state index contributed by atoms with van der Waals surface area (Å²) >= 11 is 0. The Bertz CT molecular complexity index is 762. The molecule has 0 radical (unpaired) electrons. The lowest BCUT2D eigenvalue weighted by Crippen LogP contribution is -2.51. The third-order valence-corrected chi connectivity index (χ3v) is 7.16. The predicted octanol–water partition coefficient (Wildman–Crippen LogP) is 2.13. The van der Waals surface area contributed by atoms with Gasteiger partial charge in [-0.3, -0.25) is 4.79 Å². The molecule has 1 N–H and O–H groups in total. The van der Waals surface area contributed by atoms with Gasteiger partial charge >= 0.3 is 0 Å². The molecule has 1 aliphatic carbocycles. The van der Waals surface area contributed by atoms with Gasteiger partial charge in [0.05, 0.1) is 18.3 Å². The van der Waals surface area contributed by atoms with E-state index in [4.69, 9.17) is 4.74 Å². The average Bonchev–Trinajstić information content (AvgIpc) is 3.18. The van der Waals surface area contributed by atoms with Crippen LogP contribution in [-0.2, 0) is 20.0 Å². The molecule has 6 nitrogen and oxygen atoms in total. The molecule has 28 heavy (non-hydrogen) atoms. The first kappa shape index (κ1) is 21.1. The van der Waals surface area contributed by atoms with Crippen LogP contribution in [0.1, 0.15) is 44.1 Å². The first-order valence-electron chi connectivity index (χ1n) is 10.2. The van der Waals surface area contributed by atoms with E-state index in [-0.39, 0.29) is 17.7 Å². The molecule has 1 heterocycles. The minimum Gasteiger partial charge on any atom is -0.497 e. The molecular formula is C21H32N2O4S. The summed E-state index contributed by atoms with van der Waals surface area (Å²) in [5.74, 6) is 1.15. The fraction of sp³-hybridized carbons (Fsp3) is 0.667. The molecule has 156 valence electrons. The van der Waals surface area contributed by atoms with E-state index in [1.165, 1.54) is 6.26 Å². The summed E-state index contributed by atoms with van der Waals surface area (Å²) in [6.45, 7) is 2.24. The standard InChI is InChI=1S/C21H32N2O4S/c1-27-19-7-5-17(6-8-19)21(11-3-4-12-21)20(24)22-18-9-13-23(14-10-18)15-16-28(2,25)26/h5-8,18H,3-4,9-16H2,1-2H3,(H,22,24). The minimum absolute atomic E-state index is 0.143. The molecule has 0 aromatic heterocycles. The molecule has 0 unspecified atom stereocenters. The number of sulfone groups is 1. The summed E-state index contributed by atoms with van der Waals surface area (Å²) < 4.78 is 28.0. The molecule has 1 aliphatic heterocycles. The van der Waals surface area contributed by atoms with Crippen molar-refractivity contribution < 1.29 is 17.9 Å². The maximum Gasteiger partial charge on any atom is 0.230 e. The van der Waals surface area contributed by atoms with Gasteiger partial charge in [0, 0.05) is 31.9 Å². The molecule has 2 aliphatic rings. The van der Waals surface area contributed by atoms with Gasteiger partial charge in [-0.1, -0.05) is 25.0 Å². The zero-order valence-corrected chi connectivity index (χ0v) is 17.8. The van der Waals surface area contributed by atoms with E-state index in [1.807, 2.05) is 24.3 Å². The minimum atomic E-state index is -2.93. The first-order chi connectivity index (χ1) is 13.3. The molecular weight excluding hydrogens is 376 g/mol. The molecule has 1 aromatic carbocycles. The maximum absolute atomic E-state index is 13.3. The quantitative estimate of drug-likeness (QED) is 0.748. The van der Waals surface area contributed by atoms with Gasteiger partial charge in [0.25, 0.3) is 0 Å². The van der Waals surface area contributed by atoms with Crippen molar-refractivity contribution in [2.45, 2.75) is 50.0 Å². The van der Waals surface area contributed by atoms with Gasteiger partial charge in [-0.05, 0) is 43.4 Å². The smallest absolute Gasteiger partial charge is 0.230 e. The van der Waals surface area contributed by atoms with E-state index in [2.05, 4.69) is 10.2 Å². The number of rotatable bonds is 7. The highest BCUT2D eigenvalue weighted by molar-refractivity contribution is 7.90. The highest BCUT2D eigenvalue weighted by Crippen LogP contribution is 2.42. The highest BCUT2D eigenvalue weighted by Gasteiger charge is 2.43. The number of ether oxygens (including phenoxy) is 1. The summed E-state index contributed by atoms with van der Waals surface area (Å²) in [5, 5.41) is 3.31. The second kappa shape index (κ2) is 8.82. The van der Waals surface area contributed by atoms with E-state index in [0.717, 1.165) is 62.9 Å². The molecule has 1 saturated heterocycles. The Morgan fingerprint density at radius 1 is 1.18 bits per heavy atom. The number of carbonyl (C=O) groups is 1. The number of piperidine rings is 1. The fourth-order valence-corrected chi connectivity index (χ4v) is 5.04. The van der Waals surface area contributed by atoms with Gasteiger partial charge < -0.3 is 15.0 Å². The Hall–Kier alpha value is -1.60. The Morgan fingerprint density at radius 3 is 2.32 bits per heavy atom. The third-order valence-electron chi connectivity index (χ3n) is 6.24. The second-order valence-electron chi connectivity index (χ2n) is 8.24. The molecule has 0 bridgehead atoms. The zero-order valence-electron chi connectivity index (χ0n) is 16.9. The second-order valence-corrected chi connectivity index (χ2v) is 10.5. The number of methoxy groups -OCH3 is 1. The van der Waals surface area contributed by atoms with E-state index < -0.39 is 15.3 Å². The van der Waals surface area contributed by atoms with Crippen LogP contribution in [-0.4, -0.2) is 64.0 Å². The number of hydrogen-bond donors (Lipinski definition) is 1. The van der Waals surface area contributed by atoms with Gasteiger partial charge in [-0.25, -0.2) is 8.42 Å². The van der Waals surface area contributed by atoms with Gasteiger partial charge in [-0.2, -0.15) is 0 Å². The monoisotopic (exact) mass is 408 g/mol. The maximum atomic E-state index is 13.3. The molecule has 0 atom stereocenters. The Kier molecular flexibility index (Phi) is 6.65. The number of amides is 1. The van der Waals surface area contributed by atoms with Crippen molar-refractivity contribution in [1.82, 2.24) is 10.2 Å². The largest absolute Gasteiger partial charge is 0.497 e. The number of hydrogen-bond acceptors (Lipinski definition) is 5. The lowest BCUT2D eigenvalue weighted by molar-refractivity contribution is -0.127. The van der Waals surface area contributed by atoms with Crippen LogP contribution in [0.25, 0.3) is 0 Å². The molecule has 1 aromatic rings. The van der Waals surface area contributed by atoms with Crippen molar-refractivity contribution in [3.8, 4) is 5.75 Å². The van der Waals surface area contributed by atoms with Crippen LogP contribution in [0, 0.1) is 0 Å². The van der Waals surface area contributed by atoms with Gasteiger partial charge in [0.2, 0.25) is 5.91 Å². The zero-order chi connectivity index (χ0) is 20.2. The molecule has 1 saturated carbocycles. The number of nitrogens with zero attached hydrogens (tertiary/aromatic N) is 1. The van der Waals surface area contributed by atoms with Gasteiger partial charge in [-0.15, -0.1) is 0 Å². The highest BCUT2D eigenvalue weighted by atomic mass is 32.2. The number of carbonyl (C=O) groups excluding carboxylic acids is 1. The van der Waals surface area contributed by atoms with Crippen LogP contribution in [0.3, 0.4) is 0 Å². The van der Waals surface area contributed by atoms with Crippen LogP contribution in [0.5, 0.6) is 5.75 Å². The number of nitrogens with one attached hydrogen (secondary N) is 1. The van der Waals surface area contributed by atoms with Crippen LogP contribution in [0.2, 0.25) is 0 Å².